The monoisotopic (exact) mass is 315 g/mol. The summed E-state index contributed by atoms with van der Waals surface area (Å²) in [7, 11) is 0. The van der Waals surface area contributed by atoms with Crippen LogP contribution in [0.15, 0.2) is 48.5 Å². The lowest BCUT2D eigenvalue weighted by Crippen LogP contribution is -2.41. The Hall–Kier alpha value is -2.89. The molecule has 0 atom stereocenters. The summed E-state index contributed by atoms with van der Waals surface area (Å²) in [6.45, 7) is 1.86. The molecule has 120 valence electrons. The minimum Gasteiger partial charge on any atom is -0.376 e. The number of imide groups is 1. The average molecular weight is 315 g/mol. The quantitative estimate of drug-likeness (QED) is 0.794. The average Bonchev–Trinajstić information content (AvgIpc) is 2.55. The van der Waals surface area contributed by atoms with Gasteiger partial charge in [0.05, 0.1) is 6.54 Å². The molecule has 0 saturated heterocycles. The molecule has 0 aliphatic heterocycles. The number of benzene rings is 2. The lowest BCUT2D eigenvalue weighted by molar-refractivity contribution is -0.118. The molecule has 0 aliphatic carbocycles. The zero-order valence-corrected chi connectivity index (χ0v) is 12.7. The van der Waals surface area contributed by atoms with Gasteiger partial charge in [-0.25, -0.2) is 9.18 Å². The number of carbonyl (C=O) groups is 2. The first-order valence-electron chi connectivity index (χ1n) is 7.16. The van der Waals surface area contributed by atoms with E-state index >= 15 is 0 Å². The van der Waals surface area contributed by atoms with E-state index in [1.807, 2.05) is 30.3 Å². The fourth-order valence-corrected chi connectivity index (χ4v) is 1.88. The second kappa shape index (κ2) is 7.93. The zero-order chi connectivity index (χ0) is 16.7. The van der Waals surface area contributed by atoms with Crippen molar-refractivity contribution in [3.63, 3.8) is 0 Å². The van der Waals surface area contributed by atoms with Gasteiger partial charge in [-0.1, -0.05) is 36.4 Å². The van der Waals surface area contributed by atoms with E-state index < -0.39 is 11.9 Å². The molecule has 2 aromatic carbocycles. The summed E-state index contributed by atoms with van der Waals surface area (Å²) < 4.78 is 13.4. The Morgan fingerprint density at radius 2 is 1.83 bits per heavy atom. The van der Waals surface area contributed by atoms with Crippen LogP contribution in [0.1, 0.15) is 11.1 Å². The summed E-state index contributed by atoms with van der Waals surface area (Å²) in [6.07, 6.45) is 0. The largest absolute Gasteiger partial charge is 0.376 e. The van der Waals surface area contributed by atoms with E-state index in [4.69, 9.17) is 0 Å². The highest BCUT2D eigenvalue weighted by molar-refractivity contribution is 5.96. The molecule has 6 heteroatoms. The standard InChI is InChI=1S/C17H18FN3O2/c1-12-7-8-14(9-15(12)18)19-11-16(22)21-17(23)20-10-13-5-3-2-4-6-13/h2-9,19H,10-11H2,1H3,(H2,20,21,22,23). The highest BCUT2D eigenvalue weighted by atomic mass is 19.1. The second-order valence-corrected chi connectivity index (χ2v) is 5.03. The first-order valence-corrected chi connectivity index (χ1v) is 7.16. The highest BCUT2D eigenvalue weighted by Crippen LogP contribution is 2.12. The van der Waals surface area contributed by atoms with Crippen molar-refractivity contribution in [1.82, 2.24) is 10.6 Å². The minimum atomic E-state index is -0.573. The van der Waals surface area contributed by atoms with Crippen molar-refractivity contribution in [2.75, 3.05) is 11.9 Å². The van der Waals surface area contributed by atoms with Crippen molar-refractivity contribution in [2.45, 2.75) is 13.5 Å². The molecule has 0 aliphatic rings. The Bertz CT molecular complexity index is 689. The maximum atomic E-state index is 13.4. The molecule has 0 bridgehead atoms. The summed E-state index contributed by atoms with van der Waals surface area (Å²) >= 11 is 0. The first-order chi connectivity index (χ1) is 11.0. The third kappa shape index (κ3) is 5.43. The van der Waals surface area contributed by atoms with Crippen molar-refractivity contribution >= 4 is 17.6 Å². The van der Waals surface area contributed by atoms with Crippen LogP contribution < -0.4 is 16.0 Å². The SMILES string of the molecule is Cc1ccc(NCC(=O)NC(=O)NCc2ccccc2)cc1F. The van der Waals surface area contributed by atoms with Gasteiger partial charge < -0.3 is 10.6 Å². The van der Waals surface area contributed by atoms with Crippen LogP contribution in [0.4, 0.5) is 14.9 Å². The lowest BCUT2D eigenvalue weighted by Gasteiger charge is -2.09. The lowest BCUT2D eigenvalue weighted by atomic mass is 10.2. The maximum Gasteiger partial charge on any atom is 0.321 e. The maximum absolute atomic E-state index is 13.4. The molecular formula is C17H18FN3O2. The third-order valence-corrected chi connectivity index (χ3v) is 3.17. The van der Waals surface area contributed by atoms with E-state index in [1.165, 1.54) is 6.07 Å². The molecule has 3 N–H and O–H groups in total. The Labute approximate surface area is 133 Å². The number of amides is 3. The van der Waals surface area contributed by atoms with E-state index in [1.54, 1.807) is 19.1 Å². The number of anilines is 1. The fourth-order valence-electron chi connectivity index (χ4n) is 1.88. The summed E-state index contributed by atoms with van der Waals surface area (Å²) in [5, 5.41) is 7.55. The molecule has 5 nitrogen and oxygen atoms in total. The fraction of sp³-hybridized carbons (Fsp3) is 0.176. The van der Waals surface area contributed by atoms with Gasteiger partial charge in [-0.15, -0.1) is 0 Å². The van der Waals surface area contributed by atoms with Gasteiger partial charge in [0.25, 0.3) is 0 Å². The predicted molar refractivity (Wildman–Crippen MR) is 86.4 cm³/mol. The number of carbonyl (C=O) groups excluding carboxylic acids is 2. The molecule has 0 radical (unpaired) electrons. The Morgan fingerprint density at radius 1 is 1.09 bits per heavy atom. The van der Waals surface area contributed by atoms with E-state index in [0.717, 1.165) is 5.56 Å². The van der Waals surface area contributed by atoms with Gasteiger partial charge in [-0.3, -0.25) is 10.1 Å². The summed E-state index contributed by atoms with van der Waals surface area (Å²) in [5.41, 5.74) is 1.94. The van der Waals surface area contributed by atoms with Crippen LogP contribution in [0.5, 0.6) is 0 Å². The number of hydrogen-bond acceptors (Lipinski definition) is 3. The van der Waals surface area contributed by atoms with Crippen LogP contribution >= 0.6 is 0 Å². The topological polar surface area (TPSA) is 70.2 Å². The van der Waals surface area contributed by atoms with Gasteiger partial charge in [0.1, 0.15) is 5.82 Å². The molecule has 2 rings (SSSR count). The molecule has 0 saturated carbocycles. The Morgan fingerprint density at radius 3 is 2.52 bits per heavy atom. The van der Waals surface area contributed by atoms with Gasteiger partial charge in [-0.05, 0) is 30.2 Å². The van der Waals surface area contributed by atoms with E-state index in [-0.39, 0.29) is 12.4 Å². The summed E-state index contributed by atoms with van der Waals surface area (Å²) in [5.74, 6) is -0.854. The van der Waals surface area contributed by atoms with Gasteiger partial charge in [0.15, 0.2) is 0 Å². The molecule has 0 spiro atoms. The molecule has 3 amide bonds. The van der Waals surface area contributed by atoms with Crippen LogP contribution in [-0.4, -0.2) is 18.5 Å². The van der Waals surface area contributed by atoms with E-state index in [2.05, 4.69) is 16.0 Å². The van der Waals surface area contributed by atoms with Crippen LogP contribution in [0, 0.1) is 12.7 Å². The van der Waals surface area contributed by atoms with E-state index in [0.29, 0.717) is 17.8 Å². The number of nitrogens with one attached hydrogen (secondary N) is 3. The van der Waals surface area contributed by atoms with Gasteiger partial charge in [0.2, 0.25) is 5.91 Å². The summed E-state index contributed by atoms with van der Waals surface area (Å²) in [6, 6.07) is 13.4. The molecule has 0 fully saturated rings. The van der Waals surface area contributed by atoms with Gasteiger partial charge >= 0.3 is 6.03 Å². The molecule has 0 heterocycles. The molecule has 23 heavy (non-hydrogen) atoms. The van der Waals surface area contributed by atoms with Gasteiger partial charge in [-0.2, -0.15) is 0 Å². The highest BCUT2D eigenvalue weighted by Gasteiger charge is 2.07. The number of rotatable bonds is 5. The van der Waals surface area contributed by atoms with Crippen LogP contribution in [0.3, 0.4) is 0 Å². The van der Waals surface area contributed by atoms with Crippen LogP contribution in [0.25, 0.3) is 0 Å². The third-order valence-electron chi connectivity index (χ3n) is 3.17. The van der Waals surface area contributed by atoms with Crippen molar-refractivity contribution in [3.8, 4) is 0 Å². The first kappa shape index (κ1) is 16.5. The minimum absolute atomic E-state index is 0.124. The Balaban J connectivity index is 1.73. The number of urea groups is 1. The van der Waals surface area contributed by atoms with Crippen LogP contribution in [-0.2, 0) is 11.3 Å². The molecule has 0 aromatic heterocycles. The van der Waals surface area contributed by atoms with Crippen molar-refractivity contribution in [1.29, 1.82) is 0 Å². The number of aryl methyl sites for hydroxylation is 1. The number of hydrogen-bond donors (Lipinski definition) is 3. The van der Waals surface area contributed by atoms with Crippen molar-refractivity contribution in [2.24, 2.45) is 0 Å². The Kier molecular flexibility index (Phi) is 5.68. The smallest absolute Gasteiger partial charge is 0.321 e. The van der Waals surface area contributed by atoms with E-state index in [9.17, 15) is 14.0 Å². The normalized spacial score (nSPS) is 10.0. The molecule has 2 aromatic rings. The number of halogens is 1. The van der Waals surface area contributed by atoms with Gasteiger partial charge in [0, 0.05) is 12.2 Å². The summed E-state index contributed by atoms with van der Waals surface area (Å²) in [4.78, 5) is 23.3. The predicted octanol–water partition coefficient (Wildman–Crippen LogP) is 2.57. The zero-order valence-electron chi connectivity index (χ0n) is 12.7. The molecular weight excluding hydrogens is 297 g/mol. The van der Waals surface area contributed by atoms with Crippen LogP contribution in [0.2, 0.25) is 0 Å². The molecule has 0 unspecified atom stereocenters. The van der Waals surface area contributed by atoms with Crippen molar-refractivity contribution < 1.29 is 14.0 Å². The van der Waals surface area contributed by atoms with Crippen molar-refractivity contribution in [3.05, 3.63) is 65.5 Å². The second-order valence-electron chi connectivity index (χ2n) is 5.03.